The van der Waals surface area contributed by atoms with Gasteiger partial charge in [-0.25, -0.2) is 4.68 Å². The van der Waals surface area contributed by atoms with E-state index in [2.05, 4.69) is 22.3 Å². The summed E-state index contributed by atoms with van der Waals surface area (Å²) in [6.07, 6.45) is 1.68. The van der Waals surface area contributed by atoms with Crippen LogP contribution in [0.15, 0.2) is 30.5 Å². The second kappa shape index (κ2) is 8.36. The molecule has 4 N–H and O–H groups in total. The van der Waals surface area contributed by atoms with Crippen molar-refractivity contribution in [1.29, 1.82) is 0 Å². The number of carbonyl (C=O) groups is 3. The molecule has 1 atom stereocenters. The summed E-state index contributed by atoms with van der Waals surface area (Å²) in [5.41, 5.74) is 4.77. The van der Waals surface area contributed by atoms with Gasteiger partial charge in [0.25, 0.3) is 11.8 Å². The molecule has 1 aliphatic heterocycles. The molecule has 0 unspecified atom stereocenters. The first kappa shape index (κ1) is 21.0. The van der Waals surface area contributed by atoms with Crippen LogP contribution in [0.2, 0.25) is 0 Å². The number of ether oxygens (including phenoxy) is 1. The fourth-order valence-electron chi connectivity index (χ4n) is 2.97. The van der Waals surface area contributed by atoms with Crippen molar-refractivity contribution in [3.05, 3.63) is 41.7 Å². The lowest BCUT2D eigenvalue weighted by atomic mass is 10.0. The topological polar surface area (TPSA) is 140 Å². The Morgan fingerprint density at radius 2 is 2.20 bits per heavy atom. The summed E-state index contributed by atoms with van der Waals surface area (Å²) in [6, 6.07) is 6.80. The van der Waals surface area contributed by atoms with E-state index >= 15 is 0 Å². The van der Waals surface area contributed by atoms with Crippen LogP contribution >= 0.6 is 0 Å². The highest BCUT2D eigenvalue weighted by atomic mass is 16.5. The largest absolute Gasteiger partial charge is 0.375 e. The molecule has 0 radical (unpaired) electrons. The fourth-order valence-corrected chi connectivity index (χ4v) is 2.97. The minimum atomic E-state index is -1.70. The predicted molar refractivity (Wildman–Crippen MR) is 107 cm³/mol. The van der Waals surface area contributed by atoms with E-state index in [1.54, 1.807) is 31.3 Å². The van der Waals surface area contributed by atoms with E-state index in [4.69, 9.17) is 10.5 Å². The zero-order valence-corrected chi connectivity index (χ0v) is 16.5. The quantitative estimate of drug-likeness (QED) is 0.567. The third-order valence-electron chi connectivity index (χ3n) is 4.53. The number of amides is 3. The Morgan fingerprint density at radius 1 is 1.43 bits per heavy atom. The fraction of sp³-hybridized carbons (Fsp3) is 0.300. The zero-order chi connectivity index (χ0) is 21.9. The number of nitrogens with zero attached hydrogens (tertiary/aromatic N) is 3. The molecule has 3 amide bonds. The van der Waals surface area contributed by atoms with Gasteiger partial charge in [-0.2, -0.15) is 5.10 Å². The normalized spacial score (nSPS) is 18.1. The first-order valence-corrected chi connectivity index (χ1v) is 9.03. The number of nitrogens with one attached hydrogen (secondary N) is 1. The lowest BCUT2D eigenvalue weighted by Gasteiger charge is -2.13. The van der Waals surface area contributed by atoms with Gasteiger partial charge in [-0.05, 0) is 18.2 Å². The van der Waals surface area contributed by atoms with Gasteiger partial charge in [-0.3, -0.25) is 14.4 Å². The average Bonchev–Trinajstić information content (AvgIpc) is 3.24. The second-order valence-corrected chi connectivity index (χ2v) is 6.82. The zero-order valence-electron chi connectivity index (χ0n) is 16.5. The van der Waals surface area contributed by atoms with Gasteiger partial charge in [0.2, 0.25) is 11.5 Å². The van der Waals surface area contributed by atoms with Crippen molar-refractivity contribution in [2.75, 3.05) is 32.6 Å². The van der Waals surface area contributed by atoms with Crippen LogP contribution in [-0.4, -0.2) is 70.4 Å². The van der Waals surface area contributed by atoms with Gasteiger partial charge < -0.3 is 25.8 Å². The number of benzene rings is 1. The lowest BCUT2D eigenvalue weighted by Crippen LogP contribution is -2.37. The Balaban J connectivity index is 1.90. The van der Waals surface area contributed by atoms with Crippen LogP contribution in [0.3, 0.4) is 0 Å². The summed E-state index contributed by atoms with van der Waals surface area (Å²) in [7, 11) is 2.98. The summed E-state index contributed by atoms with van der Waals surface area (Å²) in [5.74, 6) is 3.77. The molecule has 0 bridgehead atoms. The Hall–Kier alpha value is -3.68. The first-order chi connectivity index (χ1) is 14.2. The maximum Gasteiger partial charge on any atom is 0.271 e. The van der Waals surface area contributed by atoms with Crippen molar-refractivity contribution >= 4 is 23.4 Å². The van der Waals surface area contributed by atoms with E-state index in [-0.39, 0.29) is 24.4 Å². The van der Waals surface area contributed by atoms with Crippen LogP contribution in [0.25, 0.3) is 5.69 Å². The van der Waals surface area contributed by atoms with Crippen molar-refractivity contribution < 1.29 is 24.2 Å². The summed E-state index contributed by atoms with van der Waals surface area (Å²) in [6.45, 7) is 0.246. The number of hydrogen-bond acceptors (Lipinski definition) is 6. The molecule has 10 heteroatoms. The number of anilines is 1. The Kier molecular flexibility index (Phi) is 5.86. The van der Waals surface area contributed by atoms with Crippen molar-refractivity contribution in [1.82, 2.24) is 14.7 Å². The number of methoxy groups -OCH3 is 1. The molecule has 0 saturated carbocycles. The third kappa shape index (κ3) is 4.32. The molecule has 1 saturated heterocycles. The number of primary amides is 1. The summed E-state index contributed by atoms with van der Waals surface area (Å²) in [5, 5.41) is 17.1. The molecular formula is C20H21N5O5. The van der Waals surface area contributed by atoms with Crippen LogP contribution in [-0.2, 0) is 14.3 Å². The van der Waals surface area contributed by atoms with Crippen molar-refractivity contribution in [2.45, 2.75) is 12.0 Å². The molecule has 3 rings (SSSR count). The number of rotatable bonds is 5. The molecule has 1 aliphatic rings. The highest BCUT2D eigenvalue weighted by molar-refractivity contribution is 6.01. The molecule has 30 heavy (non-hydrogen) atoms. The molecule has 1 aromatic carbocycles. The number of likely N-dealkylation sites (tertiary alicyclic amines) is 1. The molecule has 2 aromatic rings. The van der Waals surface area contributed by atoms with E-state index < -0.39 is 23.3 Å². The molecule has 0 spiro atoms. The smallest absolute Gasteiger partial charge is 0.271 e. The molecule has 10 nitrogen and oxygen atoms in total. The summed E-state index contributed by atoms with van der Waals surface area (Å²) >= 11 is 0. The minimum Gasteiger partial charge on any atom is -0.375 e. The van der Waals surface area contributed by atoms with Crippen molar-refractivity contribution in [3.8, 4) is 17.5 Å². The Bertz CT molecular complexity index is 1070. The van der Waals surface area contributed by atoms with Gasteiger partial charge in [0, 0.05) is 32.7 Å². The summed E-state index contributed by atoms with van der Waals surface area (Å²) < 4.78 is 6.13. The first-order valence-electron chi connectivity index (χ1n) is 9.03. The van der Waals surface area contributed by atoms with Gasteiger partial charge in [-0.15, -0.1) is 0 Å². The van der Waals surface area contributed by atoms with Crippen LogP contribution in [0.1, 0.15) is 22.5 Å². The van der Waals surface area contributed by atoms with E-state index in [0.29, 0.717) is 17.8 Å². The highest BCUT2D eigenvalue weighted by Gasteiger charge is 2.42. The third-order valence-corrected chi connectivity index (χ3v) is 4.53. The number of aliphatic hydroxyl groups is 1. The van der Waals surface area contributed by atoms with E-state index in [1.807, 2.05) is 0 Å². The van der Waals surface area contributed by atoms with Gasteiger partial charge in [0.15, 0.2) is 5.69 Å². The lowest BCUT2D eigenvalue weighted by molar-refractivity contribution is -0.137. The second-order valence-electron chi connectivity index (χ2n) is 6.82. The number of likely N-dealkylation sites (N-methyl/N-ethyl adjacent to an activating group) is 1. The van der Waals surface area contributed by atoms with Crippen LogP contribution in [0, 0.1) is 11.8 Å². The Morgan fingerprint density at radius 3 is 2.83 bits per heavy atom. The van der Waals surface area contributed by atoms with Crippen LogP contribution in [0.5, 0.6) is 0 Å². The Labute approximate surface area is 172 Å². The van der Waals surface area contributed by atoms with E-state index in [9.17, 15) is 19.5 Å². The SMILES string of the molecule is COCC(=O)Nc1cn(-c2cccc(C#C[C@]3(O)CCN(C)C3=O)c2)nc1C(N)=O. The van der Waals surface area contributed by atoms with Gasteiger partial charge >= 0.3 is 0 Å². The number of aromatic nitrogens is 2. The van der Waals surface area contributed by atoms with Gasteiger partial charge in [-0.1, -0.05) is 17.9 Å². The number of nitrogens with two attached hydrogens (primary N) is 1. The van der Waals surface area contributed by atoms with Crippen LogP contribution in [0.4, 0.5) is 5.69 Å². The van der Waals surface area contributed by atoms with Crippen molar-refractivity contribution in [2.24, 2.45) is 5.73 Å². The maximum absolute atomic E-state index is 12.0. The molecule has 0 aliphatic carbocycles. The van der Waals surface area contributed by atoms with Crippen molar-refractivity contribution in [3.63, 3.8) is 0 Å². The molecule has 1 aromatic heterocycles. The van der Waals surface area contributed by atoms with Crippen LogP contribution < -0.4 is 11.1 Å². The maximum atomic E-state index is 12.0. The summed E-state index contributed by atoms with van der Waals surface area (Å²) in [4.78, 5) is 37.0. The molecular weight excluding hydrogens is 390 g/mol. The number of hydrogen-bond donors (Lipinski definition) is 3. The molecule has 2 heterocycles. The minimum absolute atomic E-state index is 0.107. The van der Waals surface area contributed by atoms with E-state index in [1.165, 1.54) is 22.9 Å². The van der Waals surface area contributed by atoms with E-state index in [0.717, 1.165) is 0 Å². The predicted octanol–water partition coefficient (Wildman–Crippen LogP) is -0.499. The molecule has 156 valence electrons. The van der Waals surface area contributed by atoms with Gasteiger partial charge in [0.05, 0.1) is 17.6 Å². The number of carbonyl (C=O) groups excluding carboxylic acids is 3. The van der Waals surface area contributed by atoms with Gasteiger partial charge in [0.1, 0.15) is 6.61 Å². The monoisotopic (exact) mass is 411 g/mol. The average molecular weight is 411 g/mol. The molecule has 1 fully saturated rings. The standard InChI is InChI=1S/C20H21N5O5/c1-24-9-8-20(29,19(24)28)7-6-13-4-3-5-14(10-13)25-11-15(17(23-25)18(21)27)22-16(26)12-30-2/h3-5,10-11,29H,8-9,12H2,1-2H3,(H2,21,27)(H,22,26)/t20-/m0/s1. The highest BCUT2D eigenvalue weighted by Crippen LogP contribution is 2.21.